The lowest BCUT2D eigenvalue weighted by molar-refractivity contribution is -0.275. The molecule has 0 bridgehead atoms. The van der Waals surface area contributed by atoms with Crippen LogP contribution in [0.4, 0.5) is 13.2 Å². The fourth-order valence-electron chi connectivity index (χ4n) is 1.59. The second-order valence-electron chi connectivity index (χ2n) is 3.85. The Hall–Kier alpha value is -1.50. The molecule has 0 saturated carbocycles. The highest BCUT2D eigenvalue weighted by Crippen LogP contribution is 2.32. The summed E-state index contributed by atoms with van der Waals surface area (Å²) in [6, 6.07) is 4.47. The average molecular weight is 353 g/mol. The molecule has 1 rings (SSSR count). The SMILES string of the molecule is O=C(O)/C=C/c1cccc(CCCBr)c1OC(F)(F)F. The first-order valence-electron chi connectivity index (χ1n) is 5.68. The van der Waals surface area contributed by atoms with Crippen molar-refractivity contribution in [1.29, 1.82) is 0 Å². The van der Waals surface area contributed by atoms with Crippen LogP contribution in [-0.2, 0) is 11.2 Å². The highest BCUT2D eigenvalue weighted by molar-refractivity contribution is 9.09. The van der Waals surface area contributed by atoms with Gasteiger partial charge in [-0.2, -0.15) is 0 Å². The second kappa shape index (κ2) is 7.33. The number of benzene rings is 1. The number of alkyl halides is 4. The van der Waals surface area contributed by atoms with Gasteiger partial charge in [0.1, 0.15) is 5.75 Å². The van der Waals surface area contributed by atoms with Crippen molar-refractivity contribution in [2.24, 2.45) is 0 Å². The van der Waals surface area contributed by atoms with Gasteiger partial charge in [0.2, 0.25) is 0 Å². The van der Waals surface area contributed by atoms with Crippen molar-refractivity contribution in [1.82, 2.24) is 0 Å². The topological polar surface area (TPSA) is 46.5 Å². The van der Waals surface area contributed by atoms with Crippen molar-refractivity contribution in [2.75, 3.05) is 5.33 Å². The molecule has 0 atom stereocenters. The predicted molar refractivity (Wildman–Crippen MR) is 71.9 cm³/mol. The minimum Gasteiger partial charge on any atom is -0.478 e. The molecular formula is C13H12BrF3O3. The number of carboxylic acid groups (broad SMARTS) is 1. The Morgan fingerprint density at radius 3 is 2.65 bits per heavy atom. The van der Waals surface area contributed by atoms with E-state index >= 15 is 0 Å². The van der Waals surface area contributed by atoms with Gasteiger partial charge in [-0.25, -0.2) is 4.79 Å². The average Bonchev–Trinajstić information content (AvgIpc) is 2.34. The lowest BCUT2D eigenvalue weighted by Crippen LogP contribution is -2.19. The van der Waals surface area contributed by atoms with Crippen LogP contribution >= 0.6 is 15.9 Å². The zero-order chi connectivity index (χ0) is 15.2. The van der Waals surface area contributed by atoms with Gasteiger partial charge in [0.15, 0.2) is 0 Å². The number of ether oxygens (including phenoxy) is 1. The Morgan fingerprint density at radius 2 is 2.10 bits per heavy atom. The Morgan fingerprint density at radius 1 is 1.40 bits per heavy atom. The third-order valence-electron chi connectivity index (χ3n) is 2.33. The van der Waals surface area contributed by atoms with Crippen LogP contribution in [-0.4, -0.2) is 22.8 Å². The first kappa shape index (κ1) is 16.6. The fraction of sp³-hybridized carbons (Fsp3) is 0.308. The van der Waals surface area contributed by atoms with Gasteiger partial charge < -0.3 is 9.84 Å². The molecule has 1 aromatic rings. The number of aliphatic carboxylic acids is 1. The van der Waals surface area contributed by atoms with Crippen LogP contribution in [0.5, 0.6) is 5.75 Å². The van der Waals surface area contributed by atoms with Gasteiger partial charge in [-0.05, 0) is 24.5 Å². The third kappa shape index (κ3) is 5.64. The highest BCUT2D eigenvalue weighted by atomic mass is 79.9. The Kier molecular flexibility index (Phi) is 6.06. The van der Waals surface area contributed by atoms with Crippen molar-refractivity contribution >= 4 is 28.0 Å². The van der Waals surface area contributed by atoms with E-state index in [1.807, 2.05) is 0 Å². The van der Waals surface area contributed by atoms with Crippen LogP contribution in [0, 0.1) is 0 Å². The molecule has 0 unspecified atom stereocenters. The minimum absolute atomic E-state index is 0.0804. The maximum absolute atomic E-state index is 12.5. The third-order valence-corrected chi connectivity index (χ3v) is 2.89. The standard InChI is InChI=1S/C13H12BrF3O3/c14-8-2-5-9-3-1-4-10(6-7-11(18)19)12(9)20-13(15,16)17/h1,3-4,6-7H,2,5,8H2,(H,18,19)/b7-6+. The molecular weight excluding hydrogens is 341 g/mol. The summed E-state index contributed by atoms with van der Waals surface area (Å²) in [6.45, 7) is 0. The number of carboxylic acids is 1. The van der Waals surface area contributed by atoms with E-state index in [0.717, 1.165) is 12.2 Å². The highest BCUT2D eigenvalue weighted by Gasteiger charge is 2.32. The van der Waals surface area contributed by atoms with Gasteiger partial charge in [0.05, 0.1) is 0 Å². The van der Waals surface area contributed by atoms with E-state index in [1.54, 1.807) is 6.07 Å². The maximum atomic E-state index is 12.5. The summed E-state index contributed by atoms with van der Waals surface area (Å²) < 4.78 is 41.4. The molecule has 0 aromatic heterocycles. The number of para-hydroxylation sites is 1. The Bertz CT molecular complexity index is 498. The molecule has 0 aliphatic carbocycles. The predicted octanol–water partition coefficient (Wildman–Crippen LogP) is 4.01. The molecule has 0 aliphatic rings. The summed E-state index contributed by atoms with van der Waals surface area (Å²) in [5, 5.41) is 9.20. The summed E-state index contributed by atoms with van der Waals surface area (Å²) >= 11 is 3.21. The zero-order valence-corrected chi connectivity index (χ0v) is 11.9. The molecule has 0 fully saturated rings. The first-order valence-corrected chi connectivity index (χ1v) is 6.80. The lowest BCUT2D eigenvalue weighted by Gasteiger charge is -2.15. The number of hydrogen-bond acceptors (Lipinski definition) is 2. The number of halogens is 4. The first-order chi connectivity index (χ1) is 9.33. The van der Waals surface area contributed by atoms with Crippen LogP contribution in [0.1, 0.15) is 17.5 Å². The lowest BCUT2D eigenvalue weighted by atomic mass is 10.0. The molecule has 20 heavy (non-hydrogen) atoms. The van der Waals surface area contributed by atoms with E-state index in [0.29, 0.717) is 23.7 Å². The zero-order valence-electron chi connectivity index (χ0n) is 10.3. The normalized spacial score (nSPS) is 11.8. The molecule has 0 radical (unpaired) electrons. The smallest absolute Gasteiger partial charge is 0.478 e. The van der Waals surface area contributed by atoms with Crippen LogP contribution in [0.3, 0.4) is 0 Å². The minimum atomic E-state index is -4.82. The second-order valence-corrected chi connectivity index (χ2v) is 4.64. The summed E-state index contributed by atoms with van der Waals surface area (Å²) in [6.07, 6.45) is -1.93. The van der Waals surface area contributed by atoms with Crippen LogP contribution < -0.4 is 4.74 Å². The van der Waals surface area contributed by atoms with Gasteiger partial charge in [0, 0.05) is 17.0 Å². The summed E-state index contributed by atoms with van der Waals surface area (Å²) in [7, 11) is 0. The molecule has 3 nitrogen and oxygen atoms in total. The quantitative estimate of drug-likeness (QED) is 0.621. The van der Waals surface area contributed by atoms with Crippen molar-refractivity contribution in [3.05, 3.63) is 35.4 Å². The van der Waals surface area contributed by atoms with Gasteiger partial charge in [0.25, 0.3) is 0 Å². The summed E-state index contributed by atoms with van der Waals surface area (Å²) in [4.78, 5) is 10.5. The van der Waals surface area contributed by atoms with Gasteiger partial charge in [-0.1, -0.05) is 34.1 Å². The van der Waals surface area contributed by atoms with E-state index in [9.17, 15) is 18.0 Å². The molecule has 110 valence electrons. The Labute approximate surface area is 122 Å². The van der Waals surface area contributed by atoms with Crippen molar-refractivity contribution in [2.45, 2.75) is 19.2 Å². The van der Waals surface area contributed by atoms with Crippen LogP contribution in [0.15, 0.2) is 24.3 Å². The van der Waals surface area contributed by atoms with E-state index in [2.05, 4.69) is 20.7 Å². The molecule has 1 aromatic carbocycles. The molecule has 0 saturated heterocycles. The number of carbonyl (C=O) groups is 1. The summed E-state index contributed by atoms with van der Waals surface area (Å²) in [5.41, 5.74) is 0.464. The Balaban J connectivity index is 3.17. The molecule has 7 heteroatoms. The maximum Gasteiger partial charge on any atom is 0.573 e. The van der Waals surface area contributed by atoms with E-state index < -0.39 is 12.3 Å². The van der Waals surface area contributed by atoms with Gasteiger partial charge in [-0.3, -0.25) is 0 Å². The monoisotopic (exact) mass is 352 g/mol. The van der Waals surface area contributed by atoms with E-state index in [4.69, 9.17) is 5.11 Å². The largest absolute Gasteiger partial charge is 0.573 e. The fourth-order valence-corrected chi connectivity index (χ4v) is 1.87. The van der Waals surface area contributed by atoms with Gasteiger partial charge >= 0.3 is 12.3 Å². The van der Waals surface area contributed by atoms with Crippen molar-refractivity contribution < 1.29 is 27.8 Å². The van der Waals surface area contributed by atoms with Crippen molar-refractivity contribution in [3.8, 4) is 5.75 Å². The molecule has 0 aliphatic heterocycles. The molecule has 1 N–H and O–H groups in total. The van der Waals surface area contributed by atoms with Crippen LogP contribution in [0.2, 0.25) is 0 Å². The molecule has 0 amide bonds. The molecule has 0 heterocycles. The number of rotatable bonds is 6. The van der Waals surface area contributed by atoms with E-state index in [-0.39, 0.29) is 11.3 Å². The van der Waals surface area contributed by atoms with Gasteiger partial charge in [-0.15, -0.1) is 13.2 Å². The summed E-state index contributed by atoms with van der Waals surface area (Å²) in [5.74, 6) is -1.59. The molecule has 0 spiro atoms. The number of hydrogen-bond donors (Lipinski definition) is 1. The van der Waals surface area contributed by atoms with Crippen molar-refractivity contribution in [3.63, 3.8) is 0 Å². The number of aryl methyl sites for hydroxylation is 1. The van der Waals surface area contributed by atoms with E-state index in [1.165, 1.54) is 12.1 Å². The van der Waals surface area contributed by atoms with Crippen LogP contribution in [0.25, 0.3) is 6.08 Å².